The number of piperidine rings is 1. The molecule has 0 bridgehead atoms. The Kier molecular flexibility index (Phi) is 6.02. The summed E-state index contributed by atoms with van der Waals surface area (Å²) in [6.45, 7) is 7.78. The fraction of sp³-hybridized carbons (Fsp3) is 0.880. The number of hydrogen-bond donors (Lipinski definition) is 0. The van der Waals surface area contributed by atoms with E-state index in [1.54, 1.807) is 0 Å². The highest BCUT2D eigenvalue weighted by Crippen LogP contribution is 2.50. The number of likely N-dealkylation sites (tertiary alicyclic amines) is 1. The summed E-state index contributed by atoms with van der Waals surface area (Å²) in [5.41, 5.74) is -0.541. The predicted octanol–water partition coefficient (Wildman–Crippen LogP) is 5.16. The van der Waals surface area contributed by atoms with Gasteiger partial charge < -0.3 is 9.64 Å². The van der Waals surface area contributed by atoms with Crippen LogP contribution in [0.15, 0.2) is 0 Å². The largest absolute Gasteiger partial charge is 0.444 e. The van der Waals surface area contributed by atoms with Crippen LogP contribution >= 0.6 is 0 Å². The van der Waals surface area contributed by atoms with Crippen molar-refractivity contribution in [3.8, 4) is 0 Å². The van der Waals surface area contributed by atoms with Gasteiger partial charge in [-0.2, -0.15) is 0 Å². The van der Waals surface area contributed by atoms with Gasteiger partial charge in [-0.3, -0.25) is 9.59 Å². The summed E-state index contributed by atoms with van der Waals surface area (Å²) in [4.78, 5) is 40.7. The minimum atomic E-state index is -0.541. The Bertz CT molecular complexity index is 696. The smallest absolute Gasteiger partial charge is 0.410 e. The molecule has 1 aliphatic heterocycles. The molecule has 0 aromatic heterocycles. The van der Waals surface area contributed by atoms with E-state index in [9.17, 15) is 14.4 Å². The van der Waals surface area contributed by atoms with E-state index < -0.39 is 5.60 Å². The molecular formula is C25H39NO4. The van der Waals surface area contributed by atoms with Crippen LogP contribution < -0.4 is 0 Å². The van der Waals surface area contributed by atoms with E-state index in [0.29, 0.717) is 42.2 Å². The minimum absolute atomic E-state index is 0.0441. The second kappa shape index (κ2) is 8.27. The van der Waals surface area contributed by atoms with Crippen LogP contribution in [0.4, 0.5) is 4.79 Å². The summed E-state index contributed by atoms with van der Waals surface area (Å²) in [7, 11) is 0. The average molecular weight is 418 g/mol. The van der Waals surface area contributed by atoms with Crippen molar-refractivity contribution in [2.24, 2.45) is 29.6 Å². The van der Waals surface area contributed by atoms with Gasteiger partial charge in [-0.05, 0) is 84.0 Å². The lowest BCUT2D eigenvalue weighted by atomic mass is 9.58. The number of amides is 1. The van der Waals surface area contributed by atoms with Crippen molar-refractivity contribution in [2.45, 2.75) is 110 Å². The molecule has 0 aromatic carbocycles. The molecule has 4 aliphatic rings. The lowest BCUT2D eigenvalue weighted by Crippen LogP contribution is -2.59. The summed E-state index contributed by atoms with van der Waals surface area (Å²) in [5, 5.41) is 0. The molecule has 0 unspecified atom stereocenters. The molecular weight excluding hydrogens is 378 g/mol. The first-order valence-corrected chi connectivity index (χ1v) is 12.2. The third-order valence-corrected chi connectivity index (χ3v) is 8.33. The molecule has 4 rings (SSSR count). The fourth-order valence-electron chi connectivity index (χ4n) is 7.05. The Morgan fingerprint density at radius 3 is 2.40 bits per heavy atom. The summed E-state index contributed by atoms with van der Waals surface area (Å²) in [5.74, 6) is 2.17. The molecule has 3 saturated carbocycles. The zero-order valence-electron chi connectivity index (χ0n) is 19.2. The quantitative estimate of drug-likeness (QED) is 0.591. The number of carbonyl (C=O) groups excluding carboxylic acids is 3. The molecule has 30 heavy (non-hydrogen) atoms. The number of nitrogens with zero attached hydrogens (tertiary/aromatic N) is 1. The van der Waals surface area contributed by atoms with Gasteiger partial charge in [0.05, 0.1) is 0 Å². The van der Waals surface area contributed by atoms with Gasteiger partial charge in [0, 0.05) is 36.8 Å². The van der Waals surface area contributed by atoms with E-state index in [-0.39, 0.29) is 30.0 Å². The number of rotatable bonds is 1. The molecule has 3 aliphatic carbocycles. The maximum atomic E-state index is 13.2. The van der Waals surface area contributed by atoms with Gasteiger partial charge in [0.2, 0.25) is 0 Å². The molecule has 1 saturated heterocycles. The van der Waals surface area contributed by atoms with E-state index in [1.165, 1.54) is 6.42 Å². The first kappa shape index (κ1) is 21.8. The van der Waals surface area contributed by atoms with Crippen molar-refractivity contribution in [3.05, 3.63) is 0 Å². The van der Waals surface area contributed by atoms with Gasteiger partial charge >= 0.3 is 6.09 Å². The monoisotopic (exact) mass is 417 g/mol. The molecule has 0 aromatic rings. The molecule has 4 fully saturated rings. The molecule has 5 heteroatoms. The van der Waals surface area contributed by atoms with Crippen molar-refractivity contribution < 1.29 is 19.1 Å². The molecule has 0 radical (unpaired) electrons. The predicted molar refractivity (Wildman–Crippen MR) is 115 cm³/mol. The second-order valence-electron chi connectivity index (χ2n) is 11.4. The van der Waals surface area contributed by atoms with Gasteiger partial charge in [-0.25, -0.2) is 4.79 Å². The summed E-state index contributed by atoms with van der Waals surface area (Å²) >= 11 is 0. The van der Waals surface area contributed by atoms with Gasteiger partial charge in [0.25, 0.3) is 0 Å². The van der Waals surface area contributed by atoms with Crippen LogP contribution in [0.2, 0.25) is 0 Å². The number of ketones is 2. The van der Waals surface area contributed by atoms with Crippen molar-refractivity contribution in [2.75, 3.05) is 0 Å². The lowest BCUT2D eigenvalue weighted by Gasteiger charge is -2.51. The van der Waals surface area contributed by atoms with Crippen molar-refractivity contribution >= 4 is 17.7 Å². The molecule has 168 valence electrons. The van der Waals surface area contributed by atoms with Crippen LogP contribution in [0.5, 0.6) is 0 Å². The SMILES string of the molecule is C[C@H]1CC[C@H]2C(=O)C[C@@H]([C@@H]3CCC(=O)[C@@H]4CCCC[C@@H]34)C[C@H]2N1C(=O)OC(C)(C)C. The highest BCUT2D eigenvalue weighted by atomic mass is 16.6. The Hall–Kier alpha value is -1.39. The Labute approximate surface area is 181 Å². The van der Waals surface area contributed by atoms with Gasteiger partial charge in [0.1, 0.15) is 17.2 Å². The highest BCUT2D eigenvalue weighted by Gasteiger charge is 2.51. The number of ether oxygens (including phenoxy) is 1. The van der Waals surface area contributed by atoms with Crippen LogP contribution in [-0.2, 0) is 14.3 Å². The van der Waals surface area contributed by atoms with E-state index in [4.69, 9.17) is 4.74 Å². The van der Waals surface area contributed by atoms with Crippen LogP contribution in [0.1, 0.15) is 91.9 Å². The van der Waals surface area contributed by atoms with Crippen LogP contribution in [0.3, 0.4) is 0 Å². The first-order chi connectivity index (χ1) is 14.2. The molecule has 0 N–H and O–H groups in total. The van der Waals surface area contributed by atoms with Crippen molar-refractivity contribution in [3.63, 3.8) is 0 Å². The second-order valence-corrected chi connectivity index (χ2v) is 11.4. The fourth-order valence-corrected chi connectivity index (χ4v) is 7.05. The van der Waals surface area contributed by atoms with Gasteiger partial charge in [-0.15, -0.1) is 0 Å². The topological polar surface area (TPSA) is 63.7 Å². The maximum absolute atomic E-state index is 13.2. The Morgan fingerprint density at radius 1 is 0.933 bits per heavy atom. The van der Waals surface area contributed by atoms with Gasteiger partial charge in [-0.1, -0.05) is 12.8 Å². The van der Waals surface area contributed by atoms with Crippen LogP contribution in [0.25, 0.3) is 0 Å². The van der Waals surface area contributed by atoms with Gasteiger partial charge in [0.15, 0.2) is 0 Å². The molecule has 7 atom stereocenters. The number of Topliss-reactive ketones (excluding diaryl/α,β-unsaturated/α-hetero) is 2. The van der Waals surface area contributed by atoms with Crippen molar-refractivity contribution in [1.82, 2.24) is 4.90 Å². The normalized spacial score (nSPS) is 39.9. The Balaban J connectivity index is 1.56. The number of hydrogen-bond acceptors (Lipinski definition) is 4. The van der Waals surface area contributed by atoms with Crippen LogP contribution in [-0.4, -0.2) is 40.2 Å². The van der Waals surface area contributed by atoms with Crippen molar-refractivity contribution in [1.29, 1.82) is 0 Å². The van der Waals surface area contributed by atoms with E-state index >= 15 is 0 Å². The third kappa shape index (κ3) is 4.18. The minimum Gasteiger partial charge on any atom is -0.444 e. The standard InChI is InChI=1S/C25H39NO4/c1-15-9-10-20-21(26(15)24(29)30-25(2,3)4)13-16(14-23(20)28)17-11-12-22(27)19-8-6-5-7-18(17)19/h15-21H,5-14H2,1-4H3/t15-,16-,17-,18-,19+,20+,21+/m0/s1. The molecule has 5 nitrogen and oxygen atoms in total. The highest BCUT2D eigenvalue weighted by molar-refractivity contribution is 5.85. The lowest BCUT2D eigenvalue weighted by molar-refractivity contribution is -0.137. The van der Waals surface area contributed by atoms with E-state index in [2.05, 4.69) is 6.92 Å². The average Bonchev–Trinajstić information content (AvgIpc) is 2.66. The number of fused-ring (bicyclic) bond motifs is 2. The molecule has 1 amide bonds. The zero-order chi connectivity index (χ0) is 21.6. The summed E-state index contributed by atoms with van der Waals surface area (Å²) < 4.78 is 5.74. The Morgan fingerprint density at radius 2 is 1.67 bits per heavy atom. The van der Waals surface area contributed by atoms with E-state index in [1.807, 2.05) is 25.7 Å². The van der Waals surface area contributed by atoms with Crippen LogP contribution in [0, 0.1) is 29.6 Å². The zero-order valence-corrected chi connectivity index (χ0v) is 19.2. The van der Waals surface area contributed by atoms with E-state index in [0.717, 1.165) is 44.9 Å². The number of carbonyl (C=O) groups is 3. The molecule has 1 heterocycles. The third-order valence-electron chi connectivity index (χ3n) is 8.33. The maximum Gasteiger partial charge on any atom is 0.410 e. The summed E-state index contributed by atoms with van der Waals surface area (Å²) in [6, 6.07) is 0.0533. The summed E-state index contributed by atoms with van der Waals surface area (Å²) in [6.07, 6.45) is 9.14. The molecule has 0 spiro atoms. The first-order valence-electron chi connectivity index (χ1n) is 12.2.